The minimum Gasteiger partial charge on any atom is -0.497 e. The van der Waals surface area contributed by atoms with Crippen LogP contribution in [0.1, 0.15) is 0 Å². The molecule has 79 heavy (non-hydrogen) atoms. The average Bonchev–Trinajstić information content (AvgIpc) is 4.37. The lowest BCUT2D eigenvalue weighted by Gasteiger charge is -1.99. The van der Waals surface area contributed by atoms with E-state index in [1.807, 2.05) is 30.3 Å². The standard InChI is InChI=1S/C8H6ClFN2.C8H8FN3O.C7H6BrN3.C7H6FN3.C6H5ClN4.C6H5FN4.C6H6N4/c9-6-1-4-3-12-8(11)5(4)2-7(6)10;1-13-4-2-5(9)7-6(3-4)11-12-8(7)10;8-4-1-2-5-6(3-4)10-11-7(5)9;8-5-3-1-2-4-6(5)10-11-7(4)9;2*7-3-1-9-2-4-5(3)6(8)11-10-4;7-6-5-4(9-10-6)2-1-3-8-5/h1-3,12H,11H2;2-3H,1H3,(H3,10,11,12);2*1-3H,(H3,9,10,11);2*1-2H,(H3,8,10,11);1-3H,(H3,7,9,10). The Labute approximate surface area is 458 Å². The van der Waals surface area contributed by atoms with Gasteiger partial charge in [0.2, 0.25) is 0 Å². The summed E-state index contributed by atoms with van der Waals surface area (Å²) in [5.74, 6) is 1.32. The maximum absolute atomic E-state index is 13.3. The second-order valence-electron chi connectivity index (χ2n) is 16.1. The van der Waals surface area contributed by atoms with E-state index in [-0.39, 0.29) is 22.5 Å². The van der Waals surface area contributed by atoms with Crippen molar-refractivity contribution in [2.75, 3.05) is 47.2 Å². The van der Waals surface area contributed by atoms with Gasteiger partial charge in [-0.15, -0.1) is 0 Å². The third-order valence-corrected chi connectivity index (χ3v) is 12.1. The average molecular weight is 1180 g/mol. The number of nitrogens with two attached hydrogens (primary N) is 7. The van der Waals surface area contributed by atoms with Crippen LogP contribution >= 0.6 is 39.1 Å². The summed E-state index contributed by atoms with van der Waals surface area (Å²) < 4.78 is 57.9. The van der Waals surface area contributed by atoms with Crippen molar-refractivity contribution >= 4 is 156 Å². The summed E-state index contributed by atoms with van der Waals surface area (Å²) in [6.45, 7) is 0. The van der Waals surface area contributed by atoms with Crippen LogP contribution < -0.4 is 44.9 Å². The van der Waals surface area contributed by atoms with Crippen molar-refractivity contribution < 1.29 is 22.3 Å². The summed E-state index contributed by atoms with van der Waals surface area (Å²) in [5, 5.41) is 43.4. The van der Waals surface area contributed by atoms with Crippen molar-refractivity contribution in [2.24, 2.45) is 0 Å². The van der Waals surface area contributed by atoms with Crippen LogP contribution in [0.2, 0.25) is 10.0 Å². The number of aromatic amines is 7. The maximum atomic E-state index is 13.3. The normalized spacial score (nSPS) is 10.6. The second kappa shape index (κ2) is 24.3. The number of rotatable bonds is 1. The highest BCUT2D eigenvalue weighted by atomic mass is 79.9. The molecule has 0 unspecified atom stereocenters. The van der Waals surface area contributed by atoms with E-state index >= 15 is 0 Å². The van der Waals surface area contributed by atoms with Crippen molar-refractivity contribution in [2.45, 2.75) is 0 Å². The highest BCUT2D eigenvalue weighted by Crippen LogP contribution is 2.29. The van der Waals surface area contributed by atoms with Gasteiger partial charge in [-0.25, -0.2) is 17.6 Å². The number of nitrogen functional groups attached to an aromatic ring is 7. The van der Waals surface area contributed by atoms with Crippen LogP contribution in [0.15, 0.2) is 114 Å². The zero-order chi connectivity index (χ0) is 56.5. The number of ether oxygens (including phenoxy) is 1. The highest BCUT2D eigenvalue weighted by molar-refractivity contribution is 9.10. The number of anilines is 7. The van der Waals surface area contributed by atoms with Crippen molar-refractivity contribution in [3.63, 3.8) is 0 Å². The Morgan fingerprint density at radius 1 is 0.494 bits per heavy atom. The number of methoxy groups -OCH3 is 1. The molecule has 0 atom stereocenters. The lowest BCUT2D eigenvalue weighted by Crippen LogP contribution is -1.88. The molecule has 4 aromatic carbocycles. The molecule has 0 bridgehead atoms. The molecule has 0 radical (unpaired) electrons. The van der Waals surface area contributed by atoms with Gasteiger partial charge in [0.1, 0.15) is 40.1 Å². The molecular weight excluding hydrogens is 1140 g/mol. The first-order valence-corrected chi connectivity index (χ1v) is 23.9. The van der Waals surface area contributed by atoms with Crippen LogP contribution in [0.5, 0.6) is 5.75 Å². The van der Waals surface area contributed by atoms with Gasteiger partial charge in [0.15, 0.2) is 40.7 Å². The van der Waals surface area contributed by atoms with Gasteiger partial charge < -0.3 is 49.9 Å². The fourth-order valence-corrected chi connectivity index (χ4v) is 7.99. The van der Waals surface area contributed by atoms with Crippen molar-refractivity contribution in [1.29, 1.82) is 0 Å². The molecule has 0 saturated carbocycles. The molecule has 14 rings (SSSR count). The number of hydrogen-bond acceptors (Lipinski definition) is 17. The van der Waals surface area contributed by atoms with Gasteiger partial charge in [-0.2, -0.15) is 30.6 Å². The van der Waals surface area contributed by atoms with E-state index in [9.17, 15) is 17.6 Å². The summed E-state index contributed by atoms with van der Waals surface area (Å²) >= 11 is 14.7. The first-order valence-electron chi connectivity index (χ1n) is 22.4. The number of pyridine rings is 3. The van der Waals surface area contributed by atoms with Crippen molar-refractivity contribution in [1.82, 2.24) is 81.1 Å². The Bertz CT molecular complexity index is 4300. The maximum Gasteiger partial charge on any atom is 0.171 e. The molecule has 0 fully saturated rings. The topological polar surface area (TPSA) is 418 Å². The molecule has 0 amide bonds. The van der Waals surface area contributed by atoms with E-state index in [2.05, 4.69) is 97.1 Å². The largest absolute Gasteiger partial charge is 0.497 e. The molecule has 10 aromatic heterocycles. The number of nitrogens with one attached hydrogen (secondary N) is 7. The van der Waals surface area contributed by atoms with Crippen LogP contribution in [0.25, 0.3) is 76.3 Å². The summed E-state index contributed by atoms with van der Waals surface area (Å²) in [5.41, 5.74) is 43.1. The predicted molar refractivity (Wildman–Crippen MR) is 303 cm³/mol. The Morgan fingerprint density at radius 2 is 1.10 bits per heavy atom. The first-order chi connectivity index (χ1) is 37.9. The van der Waals surface area contributed by atoms with Gasteiger partial charge in [-0.3, -0.25) is 45.5 Å². The number of benzene rings is 4. The minimum atomic E-state index is -0.450. The lowest BCUT2D eigenvalue weighted by atomic mass is 10.2. The molecule has 0 spiro atoms. The molecule has 0 aliphatic rings. The molecule has 14 aromatic rings. The lowest BCUT2D eigenvalue weighted by molar-refractivity contribution is 0.412. The Kier molecular flexibility index (Phi) is 16.9. The summed E-state index contributed by atoms with van der Waals surface area (Å²) in [4.78, 5) is 14.3. The van der Waals surface area contributed by atoms with Gasteiger partial charge in [0.25, 0.3) is 0 Å². The van der Waals surface area contributed by atoms with E-state index < -0.39 is 17.5 Å². The molecule has 0 aliphatic heterocycles. The second-order valence-corrected chi connectivity index (χ2v) is 17.8. The number of H-pyrrole nitrogens is 7. The van der Waals surface area contributed by atoms with Crippen LogP contribution in [0.4, 0.5) is 58.3 Å². The predicted octanol–water partition coefficient (Wildman–Crippen LogP) is 9.44. The Morgan fingerprint density at radius 3 is 1.78 bits per heavy atom. The van der Waals surface area contributed by atoms with Gasteiger partial charge in [0.05, 0.1) is 79.5 Å². The first kappa shape index (κ1) is 55.1. The third kappa shape index (κ3) is 12.6. The highest BCUT2D eigenvalue weighted by Gasteiger charge is 2.11. The van der Waals surface area contributed by atoms with E-state index in [1.54, 1.807) is 42.9 Å². The molecule has 10 heterocycles. The number of fused-ring (bicyclic) bond motifs is 7. The number of para-hydroxylation sites is 1. The molecular formula is C48H42BrCl2F4N23O. The molecule has 24 nitrogen and oxygen atoms in total. The fourth-order valence-electron chi connectivity index (χ4n) is 7.20. The monoisotopic (exact) mass is 1180 g/mol. The summed E-state index contributed by atoms with van der Waals surface area (Å²) in [7, 11) is 1.47. The smallest absolute Gasteiger partial charge is 0.171 e. The van der Waals surface area contributed by atoms with Gasteiger partial charge in [0, 0.05) is 56.7 Å². The van der Waals surface area contributed by atoms with Crippen molar-refractivity contribution in [3.05, 3.63) is 148 Å². The number of nitrogens with zero attached hydrogens (tertiary/aromatic N) is 9. The Balaban J connectivity index is 0.000000121. The molecule has 31 heteroatoms. The number of halogens is 7. The van der Waals surface area contributed by atoms with Crippen LogP contribution in [0.3, 0.4) is 0 Å². The van der Waals surface area contributed by atoms with Gasteiger partial charge >= 0.3 is 0 Å². The SMILES string of the molecule is COc1cc(F)c2c(N)n[nH]c2c1.Nc1[nH]cc2cc(Cl)c(F)cc12.Nc1n[nH]c2c(F)cccc12.Nc1n[nH]c2cc(Br)ccc12.Nc1n[nH]c2cccnc12.Nc1n[nH]c2cncc(Cl)c12.Nc1n[nH]c2cncc(F)c12. The summed E-state index contributed by atoms with van der Waals surface area (Å²) in [6, 6.07) is 20.0. The van der Waals surface area contributed by atoms with Gasteiger partial charge in [-0.05, 0) is 54.6 Å². The summed E-state index contributed by atoms with van der Waals surface area (Å²) in [6.07, 6.45) is 9.13. The number of aromatic nitrogens is 16. The molecule has 21 N–H and O–H groups in total. The zero-order valence-corrected chi connectivity index (χ0v) is 43.6. The van der Waals surface area contributed by atoms with E-state index in [4.69, 9.17) is 68.1 Å². The zero-order valence-electron chi connectivity index (χ0n) is 40.5. The van der Waals surface area contributed by atoms with Crippen LogP contribution in [-0.4, -0.2) is 88.2 Å². The Hall–Kier alpha value is -10.1. The molecule has 404 valence electrons. The van der Waals surface area contributed by atoms with E-state index in [0.29, 0.717) is 78.0 Å². The van der Waals surface area contributed by atoms with Gasteiger partial charge in [-0.1, -0.05) is 45.2 Å². The van der Waals surface area contributed by atoms with E-state index in [0.717, 1.165) is 48.9 Å². The molecule has 0 aliphatic carbocycles. The van der Waals surface area contributed by atoms with Crippen LogP contribution in [-0.2, 0) is 0 Å². The van der Waals surface area contributed by atoms with E-state index in [1.165, 1.54) is 37.7 Å². The van der Waals surface area contributed by atoms with Crippen molar-refractivity contribution in [3.8, 4) is 5.75 Å². The quantitative estimate of drug-likeness (QED) is 0.0680. The van der Waals surface area contributed by atoms with Crippen LogP contribution in [0, 0.1) is 23.3 Å². The minimum absolute atomic E-state index is 0.113. The third-order valence-electron chi connectivity index (χ3n) is 11.0. The fraction of sp³-hybridized carbons (Fsp3) is 0.0208. The number of hydrogen-bond donors (Lipinski definition) is 14. The molecule has 0 saturated heterocycles.